The molecule has 1 aromatic heterocycles. The smallest absolute Gasteiger partial charge is 0.168 e. The van der Waals surface area contributed by atoms with Crippen LogP contribution in [-0.4, -0.2) is 27.5 Å². The second-order valence-electron chi connectivity index (χ2n) is 9.11. The molecule has 2 aromatic carbocycles. The number of nitrogens with one attached hydrogen (secondary N) is 1. The standard InChI is InChI=1S/C28H26N2O4/c29-21(27-23(31)13-19(14-24(27)32)17-7-3-1-4-8-17)11-12-22-28-25(33)15-20(16-26(28)34-30-22)18-9-5-2-6-10-18/h1-10,19-20,29,31H,11-16H2. The van der Waals surface area contributed by atoms with Gasteiger partial charge in [0.25, 0.3) is 0 Å². The van der Waals surface area contributed by atoms with E-state index in [9.17, 15) is 14.7 Å². The van der Waals surface area contributed by atoms with Crippen molar-refractivity contribution in [2.24, 2.45) is 0 Å². The number of hydrogen-bond acceptors (Lipinski definition) is 6. The molecule has 6 heteroatoms. The number of Topliss-reactive ketones (excluding diaryl/α,β-unsaturated/α-hetero) is 2. The van der Waals surface area contributed by atoms with Crippen molar-refractivity contribution in [3.8, 4) is 0 Å². The molecule has 0 spiro atoms. The van der Waals surface area contributed by atoms with E-state index in [4.69, 9.17) is 9.93 Å². The number of aromatic nitrogens is 1. The summed E-state index contributed by atoms with van der Waals surface area (Å²) in [4.78, 5) is 25.7. The van der Waals surface area contributed by atoms with Gasteiger partial charge in [0.2, 0.25) is 0 Å². The van der Waals surface area contributed by atoms with Gasteiger partial charge in [-0.1, -0.05) is 65.8 Å². The first-order chi connectivity index (χ1) is 16.5. The Morgan fingerprint density at radius 2 is 1.47 bits per heavy atom. The Hall–Kier alpha value is -3.80. The quantitative estimate of drug-likeness (QED) is 0.479. The summed E-state index contributed by atoms with van der Waals surface area (Å²) < 4.78 is 5.52. The maximum Gasteiger partial charge on any atom is 0.168 e. The van der Waals surface area contributed by atoms with E-state index in [0.29, 0.717) is 42.7 Å². The third-order valence-electron chi connectivity index (χ3n) is 6.87. The van der Waals surface area contributed by atoms with Crippen LogP contribution in [0.15, 0.2) is 76.5 Å². The van der Waals surface area contributed by atoms with Crippen molar-refractivity contribution in [1.29, 1.82) is 5.41 Å². The number of allylic oxidation sites excluding steroid dienone is 2. The van der Waals surface area contributed by atoms with E-state index in [0.717, 1.165) is 11.1 Å². The summed E-state index contributed by atoms with van der Waals surface area (Å²) in [6.07, 6.45) is 2.13. The lowest BCUT2D eigenvalue weighted by Crippen LogP contribution is -2.24. The average Bonchev–Trinajstić information content (AvgIpc) is 3.27. The largest absolute Gasteiger partial charge is 0.511 e. The molecule has 1 heterocycles. The fourth-order valence-corrected chi connectivity index (χ4v) is 5.14. The second-order valence-corrected chi connectivity index (χ2v) is 9.11. The van der Waals surface area contributed by atoms with Gasteiger partial charge in [-0.2, -0.15) is 0 Å². The third kappa shape index (κ3) is 4.23. The second kappa shape index (κ2) is 9.21. The van der Waals surface area contributed by atoms with E-state index >= 15 is 0 Å². The molecule has 0 bridgehead atoms. The summed E-state index contributed by atoms with van der Waals surface area (Å²) in [6.45, 7) is 0. The number of fused-ring (bicyclic) bond motifs is 1. The fourth-order valence-electron chi connectivity index (χ4n) is 5.14. The van der Waals surface area contributed by atoms with Crippen LogP contribution < -0.4 is 0 Å². The molecule has 0 saturated carbocycles. The molecule has 172 valence electrons. The van der Waals surface area contributed by atoms with Crippen molar-refractivity contribution in [3.05, 3.63) is 100 Å². The molecule has 0 aliphatic heterocycles. The molecule has 2 atom stereocenters. The Balaban J connectivity index is 1.27. The number of ketones is 2. The van der Waals surface area contributed by atoms with E-state index in [1.54, 1.807) is 0 Å². The van der Waals surface area contributed by atoms with Crippen LogP contribution in [0, 0.1) is 5.41 Å². The summed E-state index contributed by atoms with van der Waals surface area (Å²) in [6, 6.07) is 19.6. The van der Waals surface area contributed by atoms with Crippen LogP contribution in [-0.2, 0) is 17.6 Å². The average molecular weight is 455 g/mol. The molecule has 2 N–H and O–H groups in total. The molecule has 2 aliphatic carbocycles. The van der Waals surface area contributed by atoms with Crippen LogP contribution >= 0.6 is 0 Å². The van der Waals surface area contributed by atoms with Crippen molar-refractivity contribution >= 4 is 17.3 Å². The van der Waals surface area contributed by atoms with Crippen molar-refractivity contribution in [2.45, 2.75) is 50.4 Å². The highest BCUT2D eigenvalue weighted by atomic mass is 16.5. The number of aliphatic hydroxyl groups is 1. The van der Waals surface area contributed by atoms with Crippen molar-refractivity contribution in [2.75, 3.05) is 0 Å². The number of benzene rings is 2. The lowest BCUT2D eigenvalue weighted by atomic mass is 9.80. The minimum absolute atomic E-state index is 0.000563. The van der Waals surface area contributed by atoms with Gasteiger partial charge < -0.3 is 15.0 Å². The highest BCUT2D eigenvalue weighted by molar-refractivity contribution is 6.22. The number of rotatable bonds is 6. The van der Waals surface area contributed by atoms with Crippen LogP contribution in [0.1, 0.15) is 70.5 Å². The van der Waals surface area contributed by atoms with Crippen molar-refractivity contribution < 1.29 is 19.2 Å². The van der Waals surface area contributed by atoms with Crippen molar-refractivity contribution in [3.63, 3.8) is 0 Å². The topological polar surface area (TPSA) is 104 Å². The Bertz CT molecular complexity index is 1270. The van der Waals surface area contributed by atoms with Gasteiger partial charge in [0.05, 0.1) is 16.8 Å². The van der Waals surface area contributed by atoms with E-state index < -0.39 is 0 Å². The van der Waals surface area contributed by atoms with Gasteiger partial charge in [0.1, 0.15) is 11.5 Å². The number of hydrogen-bond donors (Lipinski definition) is 2. The van der Waals surface area contributed by atoms with Crippen molar-refractivity contribution in [1.82, 2.24) is 5.16 Å². The molecule has 2 unspecified atom stereocenters. The van der Waals surface area contributed by atoms with Crippen LogP contribution in [0.2, 0.25) is 0 Å². The molecule has 0 saturated heterocycles. The van der Waals surface area contributed by atoms with Gasteiger partial charge in [-0.25, -0.2) is 0 Å². The number of nitrogens with zero attached hydrogens (tertiary/aromatic N) is 1. The van der Waals surface area contributed by atoms with Crippen LogP contribution in [0.3, 0.4) is 0 Å². The summed E-state index contributed by atoms with van der Waals surface area (Å²) >= 11 is 0. The van der Waals surface area contributed by atoms with Gasteiger partial charge in [0, 0.05) is 31.4 Å². The van der Waals surface area contributed by atoms with Crippen LogP contribution in [0.4, 0.5) is 0 Å². The van der Waals surface area contributed by atoms with Gasteiger partial charge in [-0.15, -0.1) is 0 Å². The first-order valence-corrected chi connectivity index (χ1v) is 11.6. The Labute approximate surface area is 197 Å². The SMILES string of the molecule is N=C(CCc1noc2c1C(=O)CC(c1ccccc1)C2)C1=C(O)CC(c2ccccc2)CC1=O. The first-order valence-electron chi connectivity index (χ1n) is 11.6. The van der Waals surface area contributed by atoms with Gasteiger partial charge >= 0.3 is 0 Å². The number of carbonyl (C=O) groups excluding carboxylic acids is 2. The summed E-state index contributed by atoms with van der Waals surface area (Å²) in [5.74, 6) is 0.334. The molecule has 5 rings (SSSR count). The molecule has 0 radical (unpaired) electrons. The van der Waals surface area contributed by atoms with E-state index in [1.807, 2.05) is 60.7 Å². The van der Waals surface area contributed by atoms with E-state index in [1.165, 1.54) is 0 Å². The zero-order valence-corrected chi connectivity index (χ0v) is 18.8. The Kier molecular flexibility index (Phi) is 5.97. The van der Waals surface area contributed by atoms with E-state index in [2.05, 4.69) is 5.16 Å². The van der Waals surface area contributed by atoms with Gasteiger partial charge in [-0.3, -0.25) is 9.59 Å². The monoisotopic (exact) mass is 454 g/mol. The molecule has 3 aromatic rings. The Morgan fingerprint density at radius 3 is 2.09 bits per heavy atom. The zero-order chi connectivity index (χ0) is 23.7. The number of aryl methyl sites for hydroxylation is 1. The van der Waals surface area contributed by atoms with E-state index in [-0.39, 0.29) is 53.3 Å². The van der Waals surface area contributed by atoms with Crippen LogP contribution in [0.5, 0.6) is 0 Å². The highest BCUT2D eigenvalue weighted by Crippen LogP contribution is 2.36. The molecule has 0 fully saturated rings. The number of carbonyl (C=O) groups is 2. The fraction of sp³-hybridized carbons (Fsp3) is 0.286. The minimum Gasteiger partial charge on any atom is -0.511 e. The van der Waals surface area contributed by atoms with Gasteiger partial charge in [-0.05, 0) is 35.8 Å². The minimum atomic E-state index is -0.216. The lowest BCUT2D eigenvalue weighted by Gasteiger charge is -2.24. The maximum absolute atomic E-state index is 12.9. The maximum atomic E-state index is 12.9. The predicted molar refractivity (Wildman–Crippen MR) is 127 cm³/mol. The number of aliphatic hydroxyl groups excluding tert-OH is 1. The van der Waals surface area contributed by atoms with Crippen LogP contribution in [0.25, 0.3) is 0 Å². The first kappa shape index (κ1) is 22.0. The Morgan fingerprint density at radius 1 is 0.882 bits per heavy atom. The normalized spacial score (nSPS) is 20.4. The molecule has 0 amide bonds. The third-order valence-corrected chi connectivity index (χ3v) is 6.87. The summed E-state index contributed by atoms with van der Waals surface area (Å²) in [7, 11) is 0. The summed E-state index contributed by atoms with van der Waals surface area (Å²) in [5, 5.41) is 23.2. The van der Waals surface area contributed by atoms with Gasteiger partial charge in [0.15, 0.2) is 11.6 Å². The molecule has 2 aliphatic rings. The zero-order valence-electron chi connectivity index (χ0n) is 18.8. The lowest BCUT2D eigenvalue weighted by molar-refractivity contribution is -0.116. The highest BCUT2D eigenvalue weighted by Gasteiger charge is 2.34. The summed E-state index contributed by atoms with van der Waals surface area (Å²) in [5.41, 5.74) is 3.36. The molecule has 34 heavy (non-hydrogen) atoms. The molecular weight excluding hydrogens is 428 g/mol. The molecule has 6 nitrogen and oxygen atoms in total. The molecular formula is C28H26N2O4. The predicted octanol–water partition coefficient (Wildman–Crippen LogP) is 5.50.